The predicted molar refractivity (Wildman–Crippen MR) is 187 cm³/mol. The topological polar surface area (TPSA) is 126 Å². The molecule has 2 aromatic rings. The average molecular weight is 642 g/mol. The van der Waals surface area contributed by atoms with Gasteiger partial charge in [-0.15, -0.1) is 0 Å². The minimum Gasteiger partial charge on any atom is -0.387 e. The molecular formula is C39H55N5O3. The molecule has 0 spiro atoms. The summed E-state index contributed by atoms with van der Waals surface area (Å²) in [6.07, 6.45) is 10.9. The molecule has 6 atom stereocenters. The first kappa shape index (κ1) is 34.8. The van der Waals surface area contributed by atoms with E-state index in [1.165, 1.54) is 29.2 Å². The minimum atomic E-state index is -0.303. The van der Waals surface area contributed by atoms with E-state index >= 15 is 0 Å². The Labute approximate surface area is 281 Å². The van der Waals surface area contributed by atoms with Crippen LogP contribution in [0.3, 0.4) is 0 Å². The number of nitrogens with two attached hydrogens (primary N) is 1. The van der Waals surface area contributed by atoms with Crippen molar-refractivity contribution in [2.75, 3.05) is 11.9 Å². The number of amides is 2. The SMILES string of the molecule is CC(C)(C)c1ccc(C(C)(C)C)c(NC(=O)[C@H]2CCC3C4CNC5=CC(=O)CC[C@]5(C)C4CC[C@@]32C)c1.NNC(=O)c1ccncc1. The first-order chi connectivity index (χ1) is 22.0. The van der Waals surface area contributed by atoms with Crippen molar-refractivity contribution in [1.29, 1.82) is 0 Å². The zero-order valence-corrected chi connectivity index (χ0v) is 29.6. The van der Waals surface area contributed by atoms with E-state index in [2.05, 4.69) is 89.2 Å². The Morgan fingerprint density at radius 2 is 1.64 bits per heavy atom. The van der Waals surface area contributed by atoms with Crippen molar-refractivity contribution in [3.63, 3.8) is 0 Å². The molecular weight excluding hydrogens is 586 g/mol. The number of fused-ring (bicyclic) bond motifs is 5. The molecule has 1 aliphatic heterocycles. The lowest BCUT2D eigenvalue weighted by atomic mass is 9.50. The van der Waals surface area contributed by atoms with Gasteiger partial charge in [0.1, 0.15) is 0 Å². The number of piperidine rings is 1. The van der Waals surface area contributed by atoms with Gasteiger partial charge in [-0.3, -0.25) is 24.8 Å². The molecule has 1 saturated heterocycles. The highest BCUT2D eigenvalue weighted by molar-refractivity contribution is 5.95. The van der Waals surface area contributed by atoms with Crippen LogP contribution in [0.5, 0.6) is 0 Å². The predicted octanol–water partition coefficient (Wildman–Crippen LogP) is 6.82. The minimum absolute atomic E-state index is 0.0263. The van der Waals surface area contributed by atoms with Gasteiger partial charge >= 0.3 is 0 Å². The highest BCUT2D eigenvalue weighted by Crippen LogP contribution is 2.64. The molecule has 1 aromatic heterocycles. The second-order valence-electron chi connectivity index (χ2n) is 16.8. The maximum atomic E-state index is 14.0. The number of anilines is 1. The number of allylic oxidation sites excluding steroid dienone is 2. The number of benzene rings is 1. The van der Waals surface area contributed by atoms with Crippen LogP contribution >= 0.6 is 0 Å². The van der Waals surface area contributed by atoms with Crippen molar-refractivity contribution < 1.29 is 14.4 Å². The fourth-order valence-corrected chi connectivity index (χ4v) is 9.15. The highest BCUT2D eigenvalue weighted by atomic mass is 16.2. The number of hydrogen-bond acceptors (Lipinski definition) is 6. The van der Waals surface area contributed by atoms with E-state index in [4.69, 9.17) is 5.84 Å². The molecule has 254 valence electrons. The van der Waals surface area contributed by atoms with E-state index in [-0.39, 0.29) is 45.2 Å². The number of nitrogens with one attached hydrogen (secondary N) is 3. The van der Waals surface area contributed by atoms with Crippen molar-refractivity contribution in [1.82, 2.24) is 15.7 Å². The van der Waals surface area contributed by atoms with Crippen molar-refractivity contribution in [3.8, 4) is 0 Å². The molecule has 2 heterocycles. The summed E-state index contributed by atoms with van der Waals surface area (Å²) in [5.41, 5.74) is 7.23. The molecule has 0 radical (unpaired) electrons. The van der Waals surface area contributed by atoms with Crippen LogP contribution < -0.4 is 21.9 Å². The molecule has 47 heavy (non-hydrogen) atoms. The Morgan fingerprint density at radius 1 is 0.936 bits per heavy atom. The van der Waals surface area contributed by atoms with E-state index in [0.717, 1.165) is 44.3 Å². The van der Waals surface area contributed by atoms with E-state index in [1.807, 2.05) is 11.5 Å². The monoisotopic (exact) mass is 641 g/mol. The Bertz CT molecular complexity index is 1540. The maximum Gasteiger partial charge on any atom is 0.265 e. The van der Waals surface area contributed by atoms with E-state index in [9.17, 15) is 14.4 Å². The van der Waals surface area contributed by atoms with E-state index in [1.54, 1.807) is 12.1 Å². The van der Waals surface area contributed by atoms with Gasteiger partial charge in [-0.25, -0.2) is 5.84 Å². The van der Waals surface area contributed by atoms with Gasteiger partial charge < -0.3 is 10.6 Å². The Hall–Kier alpha value is -3.52. The normalized spacial score (nSPS) is 29.9. The van der Waals surface area contributed by atoms with Gasteiger partial charge in [0.05, 0.1) is 0 Å². The second-order valence-corrected chi connectivity index (χ2v) is 16.8. The average Bonchev–Trinajstić information content (AvgIpc) is 3.38. The van der Waals surface area contributed by atoms with Gasteiger partial charge in [0.25, 0.3) is 5.91 Å². The summed E-state index contributed by atoms with van der Waals surface area (Å²) in [6, 6.07) is 9.83. The molecule has 3 fully saturated rings. The van der Waals surface area contributed by atoms with E-state index < -0.39 is 0 Å². The molecule has 0 bridgehead atoms. The van der Waals surface area contributed by atoms with Crippen LogP contribution in [-0.4, -0.2) is 29.1 Å². The first-order valence-electron chi connectivity index (χ1n) is 17.3. The van der Waals surface area contributed by atoms with Gasteiger partial charge in [0.15, 0.2) is 5.78 Å². The standard InChI is InChI=1S/C33H48N2O2.C6H7N3O/c1-30(2,3)20-9-10-25(31(4,5)6)27(17-20)35-29(37)26-12-11-23-22-19-34-28-18-21(36)13-15-33(28,8)24(22)14-16-32(23,26)7;7-9-6(10)5-1-3-8-4-2-5/h9-10,17-18,22-24,26,34H,11-16,19H2,1-8H3,(H,35,37);1-4H,7H2,(H,9,10)/t22?,23?,24?,26-,32+,33-;/m1./s1. The van der Waals surface area contributed by atoms with Crippen LogP contribution in [0.2, 0.25) is 0 Å². The summed E-state index contributed by atoms with van der Waals surface area (Å²) in [4.78, 5) is 40.6. The molecule has 5 N–H and O–H groups in total. The van der Waals surface area contributed by atoms with Crippen molar-refractivity contribution in [2.24, 2.45) is 40.3 Å². The maximum absolute atomic E-state index is 14.0. The third-order valence-electron chi connectivity index (χ3n) is 11.9. The number of pyridine rings is 1. The molecule has 6 rings (SSSR count). The smallest absolute Gasteiger partial charge is 0.265 e. The van der Waals surface area contributed by atoms with Crippen molar-refractivity contribution in [3.05, 3.63) is 71.2 Å². The summed E-state index contributed by atoms with van der Waals surface area (Å²) in [5.74, 6) is 6.82. The lowest BCUT2D eigenvalue weighted by Gasteiger charge is -2.58. The number of aromatic nitrogens is 1. The number of nitrogen functional groups attached to an aromatic ring is 1. The molecule has 3 unspecified atom stereocenters. The van der Waals surface area contributed by atoms with Crippen LogP contribution in [0.4, 0.5) is 5.69 Å². The summed E-state index contributed by atoms with van der Waals surface area (Å²) < 4.78 is 0. The van der Waals surface area contributed by atoms with Crippen LogP contribution in [0.1, 0.15) is 115 Å². The van der Waals surface area contributed by atoms with Crippen LogP contribution in [0.25, 0.3) is 0 Å². The number of nitrogens with zero attached hydrogens (tertiary/aromatic N) is 1. The van der Waals surface area contributed by atoms with Crippen LogP contribution in [-0.2, 0) is 20.4 Å². The second kappa shape index (κ2) is 12.8. The Kier molecular flexibility index (Phi) is 9.50. The Balaban J connectivity index is 0.000000371. The quantitative estimate of drug-likeness (QED) is 0.166. The number of carbonyl (C=O) groups is 3. The summed E-state index contributed by atoms with van der Waals surface area (Å²) >= 11 is 0. The Morgan fingerprint density at radius 3 is 2.28 bits per heavy atom. The number of hydrazine groups is 1. The number of rotatable bonds is 3. The van der Waals surface area contributed by atoms with Crippen molar-refractivity contribution >= 4 is 23.3 Å². The lowest BCUT2D eigenvalue weighted by Crippen LogP contribution is -2.57. The number of hydrogen-bond donors (Lipinski definition) is 4. The van der Waals surface area contributed by atoms with Gasteiger partial charge in [0.2, 0.25) is 5.91 Å². The molecule has 4 aliphatic rings. The molecule has 2 saturated carbocycles. The van der Waals surface area contributed by atoms with Gasteiger partial charge in [-0.1, -0.05) is 67.5 Å². The van der Waals surface area contributed by atoms with Crippen LogP contribution in [0.15, 0.2) is 54.5 Å². The third kappa shape index (κ3) is 6.76. The first-order valence-corrected chi connectivity index (χ1v) is 17.3. The van der Waals surface area contributed by atoms with Crippen molar-refractivity contribution in [2.45, 2.75) is 105 Å². The van der Waals surface area contributed by atoms with Gasteiger partial charge in [0, 0.05) is 59.7 Å². The largest absolute Gasteiger partial charge is 0.387 e. The number of carbonyl (C=O) groups excluding carboxylic acids is 3. The third-order valence-corrected chi connectivity index (χ3v) is 11.9. The zero-order chi connectivity index (χ0) is 34.4. The molecule has 3 aliphatic carbocycles. The fourth-order valence-electron chi connectivity index (χ4n) is 9.15. The van der Waals surface area contributed by atoms with Gasteiger partial charge in [-0.2, -0.15) is 0 Å². The number of ketones is 1. The summed E-state index contributed by atoms with van der Waals surface area (Å²) in [7, 11) is 0. The fraction of sp³-hybridized carbons (Fsp3) is 0.590. The highest BCUT2D eigenvalue weighted by Gasteiger charge is 2.60. The zero-order valence-electron chi connectivity index (χ0n) is 29.6. The van der Waals surface area contributed by atoms with E-state index in [0.29, 0.717) is 29.7 Å². The molecule has 2 amide bonds. The molecule has 8 nitrogen and oxygen atoms in total. The van der Waals surface area contributed by atoms with Crippen LogP contribution in [0, 0.1) is 34.5 Å². The molecule has 1 aromatic carbocycles. The molecule has 8 heteroatoms. The summed E-state index contributed by atoms with van der Waals surface area (Å²) in [5, 5.41) is 7.15. The lowest BCUT2D eigenvalue weighted by molar-refractivity contribution is -0.127. The van der Waals surface area contributed by atoms with Gasteiger partial charge in [-0.05, 0) is 95.4 Å². The summed E-state index contributed by atoms with van der Waals surface area (Å²) in [6.45, 7) is 19.1.